The number of hydrogen-bond donors (Lipinski definition) is 1. The van der Waals surface area contributed by atoms with Crippen molar-refractivity contribution < 1.29 is 19.1 Å². The summed E-state index contributed by atoms with van der Waals surface area (Å²) in [6, 6.07) is 14.6. The zero-order chi connectivity index (χ0) is 16.9. The predicted molar refractivity (Wildman–Crippen MR) is 89.9 cm³/mol. The summed E-state index contributed by atoms with van der Waals surface area (Å²) in [5, 5.41) is 2.97. The number of carbonyl (C=O) groups is 2. The van der Waals surface area contributed by atoms with Crippen LogP contribution in [0.2, 0.25) is 0 Å². The molecule has 2 aromatic carbocycles. The zero-order valence-corrected chi connectivity index (χ0v) is 13.5. The Bertz CT molecular complexity index is 751. The van der Waals surface area contributed by atoms with Gasteiger partial charge in [0.15, 0.2) is 0 Å². The molecule has 5 nitrogen and oxygen atoms in total. The van der Waals surface area contributed by atoms with Gasteiger partial charge in [-0.3, -0.25) is 4.79 Å². The van der Waals surface area contributed by atoms with Crippen molar-refractivity contribution in [3.05, 3.63) is 59.7 Å². The molecule has 24 heavy (non-hydrogen) atoms. The number of nitrogens with one attached hydrogen (secondary N) is 1. The Labute approximate surface area is 140 Å². The average Bonchev–Trinajstić information content (AvgIpc) is 3.14. The summed E-state index contributed by atoms with van der Waals surface area (Å²) in [7, 11) is 1.35. The van der Waals surface area contributed by atoms with Crippen LogP contribution in [0.5, 0.6) is 0 Å². The lowest BCUT2D eigenvalue weighted by Crippen LogP contribution is -2.34. The number of hydrogen-bond acceptors (Lipinski definition) is 4. The Morgan fingerprint density at radius 3 is 2.38 bits per heavy atom. The Hall–Kier alpha value is -2.66. The molecule has 0 radical (unpaired) electrons. The van der Waals surface area contributed by atoms with E-state index >= 15 is 0 Å². The summed E-state index contributed by atoms with van der Waals surface area (Å²) < 4.78 is 10.0. The van der Waals surface area contributed by atoms with E-state index < -0.39 is 0 Å². The van der Waals surface area contributed by atoms with Crippen LogP contribution in [0.25, 0.3) is 11.1 Å². The molecule has 1 heterocycles. The van der Waals surface area contributed by atoms with Crippen molar-refractivity contribution in [1.29, 1.82) is 0 Å². The highest BCUT2D eigenvalue weighted by Gasteiger charge is 2.18. The second kappa shape index (κ2) is 7.27. The molecule has 2 aromatic rings. The van der Waals surface area contributed by atoms with E-state index in [4.69, 9.17) is 9.47 Å². The van der Waals surface area contributed by atoms with Crippen molar-refractivity contribution in [1.82, 2.24) is 5.32 Å². The summed E-state index contributed by atoms with van der Waals surface area (Å²) in [5.74, 6) is -0.497. The van der Waals surface area contributed by atoms with Gasteiger partial charge in [-0.15, -0.1) is 0 Å². The molecule has 124 valence electrons. The van der Waals surface area contributed by atoms with Gasteiger partial charge < -0.3 is 14.8 Å². The van der Waals surface area contributed by atoms with Crippen molar-refractivity contribution in [2.24, 2.45) is 0 Å². The molecule has 1 aliphatic heterocycles. The van der Waals surface area contributed by atoms with Crippen molar-refractivity contribution in [3.8, 4) is 11.1 Å². The first kappa shape index (κ1) is 16.2. The van der Waals surface area contributed by atoms with Crippen LogP contribution in [-0.2, 0) is 9.47 Å². The van der Waals surface area contributed by atoms with Crippen molar-refractivity contribution in [3.63, 3.8) is 0 Å². The van der Waals surface area contributed by atoms with Gasteiger partial charge in [0.1, 0.15) is 0 Å². The number of benzene rings is 2. The van der Waals surface area contributed by atoms with Gasteiger partial charge in [0.05, 0.1) is 25.3 Å². The highest BCUT2D eigenvalue weighted by atomic mass is 16.5. The van der Waals surface area contributed by atoms with Crippen LogP contribution in [0.1, 0.15) is 27.1 Å². The van der Waals surface area contributed by atoms with E-state index in [-0.39, 0.29) is 17.9 Å². The maximum atomic E-state index is 12.4. The van der Waals surface area contributed by atoms with Crippen LogP contribution < -0.4 is 5.32 Å². The van der Waals surface area contributed by atoms with E-state index in [9.17, 15) is 9.59 Å². The van der Waals surface area contributed by atoms with Crippen molar-refractivity contribution in [2.75, 3.05) is 20.3 Å². The van der Waals surface area contributed by atoms with Crippen LogP contribution in [0.3, 0.4) is 0 Å². The molecule has 3 rings (SSSR count). The van der Waals surface area contributed by atoms with Crippen LogP contribution in [0, 0.1) is 0 Å². The van der Waals surface area contributed by atoms with Gasteiger partial charge >= 0.3 is 5.97 Å². The molecular weight excluding hydrogens is 306 g/mol. The summed E-state index contributed by atoms with van der Waals surface area (Å²) >= 11 is 0. The van der Waals surface area contributed by atoms with Crippen LogP contribution >= 0.6 is 0 Å². The molecule has 1 N–H and O–H groups in total. The quantitative estimate of drug-likeness (QED) is 0.878. The molecule has 1 unspecified atom stereocenters. The van der Waals surface area contributed by atoms with Gasteiger partial charge in [-0.25, -0.2) is 4.79 Å². The third kappa shape index (κ3) is 3.63. The summed E-state index contributed by atoms with van der Waals surface area (Å²) in [6.07, 6.45) is 0.840. The number of rotatable bonds is 4. The highest BCUT2D eigenvalue weighted by molar-refractivity contribution is 5.96. The second-order valence-corrected chi connectivity index (χ2v) is 5.69. The minimum absolute atomic E-state index is 0.0730. The Kier molecular flexibility index (Phi) is 4.91. The Balaban J connectivity index is 1.82. The number of carbonyl (C=O) groups excluding carboxylic acids is 2. The molecule has 1 aliphatic rings. The fourth-order valence-corrected chi connectivity index (χ4v) is 2.70. The van der Waals surface area contributed by atoms with Crippen LogP contribution in [0.15, 0.2) is 48.5 Å². The van der Waals surface area contributed by atoms with Gasteiger partial charge in [0.2, 0.25) is 0 Å². The molecule has 1 amide bonds. The first-order chi connectivity index (χ1) is 11.7. The monoisotopic (exact) mass is 325 g/mol. The lowest BCUT2D eigenvalue weighted by molar-refractivity contribution is 0.0600. The van der Waals surface area contributed by atoms with E-state index in [1.165, 1.54) is 7.11 Å². The number of amides is 1. The highest BCUT2D eigenvalue weighted by Crippen LogP contribution is 2.22. The third-order valence-electron chi connectivity index (χ3n) is 4.01. The summed E-state index contributed by atoms with van der Waals surface area (Å²) in [5.41, 5.74) is 2.80. The van der Waals surface area contributed by atoms with Gasteiger partial charge in [0, 0.05) is 12.2 Å². The van der Waals surface area contributed by atoms with E-state index in [1.54, 1.807) is 24.3 Å². The number of methoxy groups -OCH3 is 1. The molecule has 0 bridgehead atoms. The van der Waals surface area contributed by atoms with E-state index in [0.29, 0.717) is 24.3 Å². The summed E-state index contributed by atoms with van der Waals surface area (Å²) in [4.78, 5) is 24.0. The molecular formula is C19H19NO4. The van der Waals surface area contributed by atoms with Crippen molar-refractivity contribution >= 4 is 11.9 Å². The minimum atomic E-state index is -0.382. The maximum absolute atomic E-state index is 12.4. The van der Waals surface area contributed by atoms with E-state index in [0.717, 1.165) is 17.5 Å². The second-order valence-electron chi connectivity index (χ2n) is 5.69. The molecule has 0 saturated carbocycles. The number of ether oxygens (including phenoxy) is 2. The number of esters is 1. The topological polar surface area (TPSA) is 64.6 Å². The molecule has 5 heteroatoms. The molecule has 0 aromatic heterocycles. The first-order valence-electron chi connectivity index (χ1n) is 7.85. The summed E-state index contributed by atoms with van der Waals surface area (Å²) in [6.45, 7) is 1.25. The smallest absolute Gasteiger partial charge is 0.337 e. The molecule has 1 atom stereocenters. The molecule has 1 saturated heterocycles. The predicted octanol–water partition coefficient (Wildman–Crippen LogP) is 2.66. The fraction of sp³-hybridized carbons (Fsp3) is 0.263. The first-order valence-corrected chi connectivity index (χ1v) is 7.85. The standard InChI is InChI=1S/C19H19NO4/c1-23-19(22)16-7-3-5-14(11-16)13-4-2-6-15(10-13)18(21)20-17-8-9-24-12-17/h2-7,10-11,17H,8-9,12H2,1H3,(H,20,21). The SMILES string of the molecule is COC(=O)c1cccc(-c2cccc(C(=O)NC3CCOC3)c2)c1. The lowest BCUT2D eigenvalue weighted by Gasteiger charge is -2.11. The van der Waals surface area contributed by atoms with Gasteiger partial charge in [-0.05, 0) is 41.8 Å². The molecule has 0 aliphatic carbocycles. The zero-order valence-electron chi connectivity index (χ0n) is 13.5. The Morgan fingerprint density at radius 2 is 1.75 bits per heavy atom. The van der Waals surface area contributed by atoms with Gasteiger partial charge in [0.25, 0.3) is 5.91 Å². The third-order valence-corrected chi connectivity index (χ3v) is 4.01. The van der Waals surface area contributed by atoms with Crippen molar-refractivity contribution in [2.45, 2.75) is 12.5 Å². The lowest BCUT2D eigenvalue weighted by atomic mass is 10.0. The van der Waals surface area contributed by atoms with Gasteiger partial charge in [-0.2, -0.15) is 0 Å². The van der Waals surface area contributed by atoms with Crippen LogP contribution in [-0.4, -0.2) is 38.2 Å². The molecule has 0 spiro atoms. The fourth-order valence-electron chi connectivity index (χ4n) is 2.70. The maximum Gasteiger partial charge on any atom is 0.337 e. The largest absolute Gasteiger partial charge is 0.465 e. The minimum Gasteiger partial charge on any atom is -0.465 e. The van der Waals surface area contributed by atoms with Gasteiger partial charge in [-0.1, -0.05) is 24.3 Å². The Morgan fingerprint density at radius 1 is 1.08 bits per heavy atom. The van der Waals surface area contributed by atoms with Crippen LogP contribution in [0.4, 0.5) is 0 Å². The molecule has 1 fully saturated rings. The van der Waals surface area contributed by atoms with E-state index in [1.807, 2.05) is 24.3 Å². The van der Waals surface area contributed by atoms with E-state index in [2.05, 4.69) is 5.32 Å². The normalized spacial score (nSPS) is 16.6. The average molecular weight is 325 g/mol.